The summed E-state index contributed by atoms with van der Waals surface area (Å²) in [5.74, 6) is 0. The summed E-state index contributed by atoms with van der Waals surface area (Å²) in [5.41, 5.74) is 12.4. The molecular formula is C41H37N. The molecule has 4 aromatic rings. The highest BCUT2D eigenvalue weighted by Gasteiger charge is 2.16. The number of aryl methyl sites for hydroxylation is 1. The molecule has 206 valence electrons. The zero-order chi connectivity index (χ0) is 28.6. The molecule has 0 aromatic heterocycles. The van der Waals surface area contributed by atoms with E-state index in [4.69, 9.17) is 0 Å². The molecule has 0 bridgehead atoms. The van der Waals surface area contributed by atoms with Gasteiger partial charge >= 0.3 is 0 Å². The van der Waals surface area contributed by atoms with Gasteiger partial charge in [0.05, 0.1) is 0 Å². The quantitative estimate of drug-likeness (QED) is 0.200. The maximum atomic E-state index is 2.41. The fraction of sp³-hybridized carbons (Fsp3) is 0.122. The molecule has 6 rings (SSSR count). The SMILES string of the molecule is Cc1ccc(/C=C/c2ccc(-c3ccc(/C=C/c4ccc(N(C5=CCCC=C5)C5=CC=CCC5)cc4)cc3)cc2)cc1. The van der Waals surface area contributed by atoms with Crippen LogP contribution >= 0.6 is 0 Å². The summed E-state index contributed by atoms with van der Waals surface area (Å²) in [7, 11) is 0. The number of rotatable bonds is 8. The van der Waals surface area contributed by atoms with Crippen molar-refractivity contribution in [3.8, 4) is 11.1 Å². The molecule has 0 fully saturated rings. The Morgan fingerprint density at radius 1 is 0.548 bits per heavy atom. The predicted molar refractivity (Wildman–Crippen MR) is 183 cm³/mol. The van der Waals surface area contributed by atoms with Crippen LogP contribution < -0.4 is 4.90 Å². The Labute approximate surface area is 250 Å². The van der Waals surface area contributed by atoms with Crippen LogP contribution in [0.5, 0.6) is 0 Å². The van der Waals surface area contributed by atoms with E-state index >= 15 is 0 Å². The molecule has 2 aliphatic rings. The molecule has 1 heteroatoms. The van der Waals surface area contributed by atoms with Gasteiger partial charge in [0.15, 0.2) is 0 Å². The van der Waals surface area contributed by atoms with Gasteiger partial charge in [0.1, 0.15) is 0 Å². The predicted octanol–water partition coefficient (Wildman–Crippen LogP) is 11.3. The van der Waals surface area contributed by atoms with Gasteiger partial charge in [-0.15, -0.1) is 0 Å². The number of hydrogen-bond acceptors (Lipinski definition) is 1. The second kappa shape index (κ2) is 13.2. The fourth-order valence-corrected chi connectivity index (χ4v) is 5.39. The van der Waals surface area contributed by atoms with E-state index in [1.54, 1.807) is 0 Å². The van der Waals surface area contributed by atoms with Gasteiger partial charge in [0, 0.05) is 17.1 Å². The molecule has 1 nitrogen and oxygen atoms in total. The van der Waals surface area contributed by atoms with E-state index in [0.717, 1.165) is 25.7 Å². The van der Waals surface area contributed by atoms with Gasteiger partial charge in [0.25, 0.3) is 0 Å². The third kappa shape index (κ3) is 6.87. The van der Waals surface area contributed by atoms with E-state index < -0.39 is 0 Å². The van der Waals surface area contributed by atoms with E-state index in [-0.39, 0.29) is 0 Å². The first-order valence-electron chi connectivity index (χ1n) is 15.0. The van der Waals surface area contributed by atoms with Crippen LogP contribution in [0.3, 0.4) is 0 Å². The van der Waals surface area contributed by atoms with Crippen molar-refractivity contribution in [1.29, 1.82) is 0 Å². The molecule has 0 amide bonds. The van der Waals surface area contributed by atoms with Crippen molar-refractivity contribution in [2.45, 2.75) is 32.6 Å². The van der Waals surface area contributed by atoms with Crippen LogP contribution in [0.2, 0.25) is 0 Å². The molecule has 2 aliphatic carbocycles. The largest absolute Gasteiger partial charge is 0.315 e. The summed E-state index contributed by atoms with van der Waals surface area (Å²) >= 11 is 0. The lowest BCUT2D eigenvalue weighted by Gasteiger charge is -2.30. The Hall–Kier alpha value is -4.88. The summed E-state index contributed by atoms with van der Waals surface area (Å²) in [5, 5.41) is 0. The van der Waals surface area contributed by atoms with E-state index in [9.17, 15) is 0 Å². The van der Waals surface area contributed by atoms with E-state index in [1.807, 2.05) is 0 Å². The van der Waals surface area contributed by atoms with E-state index in [1.165, 1.54) is 56.0 Å². The molecule has 0 unspecified atom stereocenters. The van der Waals surface area contributed by atoms with Crippen LogP contribution in [0.1, 0.15) is 53.5 Å². The van der Waals surface area contributed by atoms with Gasteiger partial charge in [-0.05, 0) is 90.3 Å². The van der Waals surface area contributed by atoms with Crippen LogP contribution in [0.25, 0.3) is 35.4 Å². The molecule has 0 spiro atoms. The van der Waals surface area contributed by atoms with Crippen LogP contribution in [0.4, 0.5) is 5.69 Å². The lowest BCUT2D eigenvalue weighted by atomic mass is 10.0. The van der Waals surface area contributed by atoms with Crippen molar-refractivity contribution in [2.75, 3.05) is 4.90 Å². The summed E-state index contributed by atoms with van der Waals surface area (Å²) in [6, 6.07) is 35.1. The summed E-state index contributed by atoms with van der Waals surface area (Å²) in [4.78, 5) is 2.41. The standard InChI is InChI=1S/C41H37N/c1-32-12-14-33(15-13-32)16-17-34-20-26-37(27-21-34)38-28-22-35(23-29-38)18-19-36-24-30-41(31-25-36)42(39-8-4-2-5-9-39)40-10-6-3-7-11-40/h2,4,6,8,10-31H,3,5,7,9H2,1H3/b17-16+,19-18+. The van der Waals surface area contributed by atoms with Crippen molar-refractivity contribution in [3.05, 3.63) is 173 Å². The third-order valence-corrected chi connectivity index (χ3v) is 7.83. The highest BCUT2D eigenvalue weighted by molar-refractivity contribution is 5.75. The maximum absolute atomic E-state index is 2.41. The Morgan fingerprint density at radius 2 is 1.07 bits per heavy atom. The second-order valence-electron chi connectivity index (χ2n) is 11.0. The van der Waals surface area contributed by atoms with Gasteiger partial charge in [-0.25, -0.2) is 0 Å². The van der Waals surface area contributed by atoms with Crippen molar-refractivity contribution in [3.63, 3.8) is 0 Å². The Morgan fingerprint density at radius 3 is 1.55 bits per heavy atom. The number of nitrogens with zero attached hydrogens (tertiary/aromatic N) is 1. The topological polar surface area (TPSA) is 3.24 Å². The van der Waals surface area contributed by atoms with E-state index in [2.05, 4.69) is 170 Å². The number of benzene rings is 4. The van der Waals surface area contributed by atoms with Crippen LogP contribution in [0, 0.1) is 6.92 Å². The normalized spacial score (nSPS) is 14.8. The Balaban J connectivity index is 1.11. The molecule has 0 saturated carbocycles. The van der Waals surface area contributed by atoms with E-state index in [0.29, 0.717) is 0 Å². The molecule has 0 heterocycles. The van der Waals surface area contributed by atoms with Gasteiger partial charge in [0.2, 0.25) is 0 Å². The maximum Gasteiger partial charge on any atom is 0.0458 e. The summed E-state index contributed by atoms with van der Waals surface area (Å²) in [6.45, 7) is 2.11. The third-order valence-electron chi connectivity index (χ3n) is 7.83. The minimum atomic E-state index is 1.06. The molecule has 0 aliphatic heterocycles. The number of hydrogen-bond donors (Lipinski definition) is 0. The van der Waals surface area contributed by atoms with Gasteiger partial charge in [-0.3, -0.25) is 0 Å². The van der Waals surface area contributed by atoms with Crippen LogP contribution in [-0.2, 0) is 0 Å². The second-order valence-corrected chi connectivity index (χ2v) is 11.0. The zero-order valence-corrected chi connectivity index (χ0v) is 24.3. The first-order valence-corrected chi connectivity index (χ1v) is 15.0. The van der Waals surface area contributed by atoms with Gasteiger partial charge in [-0.1, -0.05) is 139 Å². The summed E-state index contributed by atoms with van der Waals surface area (Å²) in [6.07, 6.45) is 26.7. The molecule has 0 radical (unpaired) electrons. The Kier molecular flexibility index (Phi) is 8.57. The first kappa shape index (κ1) is 27.3. The molecular weight excluding hydrogens is 506 g/mol. The minimum absolute atomic E-state index is 1.06. The monoisotopic (exact) mass is 543 g/mol. The molecule has 0 saturated heterocycles. The average Bonchev–Trinajstić information content (AvgIpc) is 3.06. The smallest absolute Gasteiger partial charge is 0.0458 e. The molecule has 42 heavy (non-hydrogen) atoms. The Bertz CT molecular complexity index is 1670. The minimum Gasteiger partial charge on any atom is -0.315 e. The fourth-order valence-electron chi connectivity index (χ4n) is 5.39. The lowest BCUT2D eigenvalue weighted by Crippen LogP contribution is -2.22. The molecule has 0 atom stereocenters. The van der Waals surface area contributed by atoms with Crippen molar-refractivity contribution in [1.82, 2.24) is 0 Å². The average molecular weight is 544 g/mol. The van der Waals surface area contributed by atoms with Crippen molar-refractivity contribution < 1.29 is 0 Å². The highest BCUT2D eigenvalue weighted by atomic mass is 15.2. The molecule has 4 aromatic carbocycles. The molecule has 0 N–H and O–H groups in total. The van der Waals surface area contributed by atoms with Gasteiger partial charge in [-0.2, -0.15) is 0 Å². The van der Waals surface area contributed by atoms with Gasteiger partial charge < -0.3 is 4.90 Å². The first-order chi connectivity index (χ1) is 20.7. The summed E-state index contributed by atoms with van der Waals surface area (Å²) < 4.78 is 0. The van der Waals surface area contributed by atoms with Crippen LogP contribution in [0.15, 0.2) is 145 Å². The van der Waals surface area contributed by atoms with Crippen molar-refractivity contribution in [2.24, 2.45) is 0 Å². The van der Waals surface area contributed by atoms with Crippen molar-refractivity contribution >= 4 is 30.0 Å². The highest BCUT2D eigenvalue weighted by Crippen LogP contribution is 2.31. The van der Waals surface area contributed by atoms with Crippen LogP contribution in [-0.4, -0.2) is 0 Å². The number of anilines is 1. The lowest BCUT2D eigenvalue weighted by molar-refractivity contribution is 0.887. The zero-order valence-electron chi connectivity index (χ0n) is 24.3. The number of allylic oxidation sites excluding steroid dienone is 7.